The summed E-state index contributed by atoms with van der Waals surface area (Å²) in [6.07, 6.45) is 5.78. The van der Waals surface area contributed by atoms with Crippen LogP contribution in [0.5, 0.6) is 0 Å². The Bertz CT molecular complexity index is 699. The minimum absolute atomic E-state index is 0.338. The van der Waals surface area contributed by atoms with Gasteiger partial charge in [-0.05, 0) is 42.9 Å². The molecule has 0 aromatic carbocycles. The lowest BCUT2D eigenvalue weighted by atomic mass is 10.2. The fourth-order valence-electron chi connectivity index (χ4n) is 2.46. The van der Waals surface area contributed by atoms with Crippen LogP contribution in [0.3, 0.4) is 0 Å². The zero-order valence-electron chi connectivity index (χ0n) is 12.8. The lowest BCUT2D eigenvalue weighted by Crippen LogP contribution is -2.21. The van der Waals surface area contributed by atoms with E-state index in [1.165, 1.54) is 0 Å². The summed E-state index contributed by atoms with van der Waals surface area (Å²) < 4.78 is 1.95. The molecule has 0 atom stereocenters. The highest BCUT2D eigenvalue weighted by molar-refractivity contribution is 7.99. The standard InChI is InChI=1S/C15H18ClN5OS/c1-10-9-17-13(16)8-12(10)18-15(22)19-14-2-5-21(20-14)11-3-6-23-7-4-11/h2,5,8-9,11H,3-4,6-7H2,1H3,(H2,17,18,19,20,22). The number of nitrogens with one attached hydrogen (secondary N) is 2. The van der Waals surface area contributed by atoms with Gasteiger partial charge in [0.2, 0.25) is 0 Å². The van der Waals surface area contributed by atoms with Crippen molar-refractivity contribution < 1.29 is 4.79 Å². The number of halogens is 1. The molecule has 0 unspecified atom stereocenters. The van der Waals surface area contributed by atoms with Gasteiger partial charge in [-0.1, -0.05) is 11.6 Å². The summed E-state index contributed by atoms with van der Waals surface area (Å²) in [5, 5.41) is 10.3. The summed E-state index contributed by atoms with van der Waals surface area (Å²) >= 11 is 7.83. The van der Waals surface area contributed by atoms with Gasteiger partial charge in [0.15, 0.2) is 5.82 Å². The van der Waals surface area contributed by atoms with Crippen LogP contribution in [0.2, 0.25) is 5.15 Å². The van der Waals surface area contributed by atoms with Crippen LogP contribution in [0.4, 0.5) is 16.3 Å². The van der Waals surface area contributed by atoms with E-state index in [-0.39, 0.29) is 6.03 Å². The molecule has 6 nitrogen and oxygen atoms in total. The fraction of sp³-hybridized carbons (Fsp3) is 0.400. The normalized spacial score (nSPS) is 15.4. The molecule has 122 valence electrons. The van der Waals surface area contributed by atoms with E-state index in [1.807, 2.05) is 35.6 Å². The van der Waals surface area contributed by atoms with Gasteiger partial charge in [-0.25, -0.2) is 9.78 Å². The average molecular weight is 352 g/mol. The summed E-state index contributed by atoms with van der Waals surface area (Å²) in [7, 11) is 0. The van der Waals surface area contributed by atoms with Crippen molar-refractivity contribution >= 4 is 40.9 Å². The number of pyridine rings is 1. The molecular weight excluding hydrogens is 334 g/mol. The van der Waals surface area contributed by atoms with Gasteiger partial charge in [0.25, 0.3) is 0 Å². The topological polar surface area (TPSA) is 71.8 Å². The summed E-state index contributed by atoms with van der Waals surface area (Å²) in [5.74, 6) is 2.87. The average Bonchev–Trinajstić information content (AvgIpc) is 3.00. The molecule has 1 fully saturated rings. The number of amides is 2. The number of hydrogen-bond donors (Lipinski definition) is 2. The first-order chi connectivity index (χ1) is 11.1. The number of aryl methyl sites for hydroxylation is 1. The Morgan fingerprint density at radius 2 is 2.17 bits per heavy atom. The van der Waals surface area contributed by atoms with Gasteiger partial charge in [0.1, 0.15) is 5.15 Å². The Balaban J connectivity index is 1.61. The molecule has 0 aliphatic carbocycles. The third-order valence-electron chi connectivity index (χ3n) is 3.73. The molecular formula is C15H18ClN5OS. The van der Waals surface area contributed by atoms with E-state index in [1.54, 1.807) is 12.3 Å². The molecule has 2 aromatic rings. The van der Waals surface area contributed by atoms with E-state index >= 15 is 0 Å². The zero-order chi connectivity index (χ0) is 16.2. The summed E-state index contributed by atoms with van der Waals surface area (Å²) in [4.78, 5) is 16.1. The maximum absolute atomic E-state index is 12.1. The number of aromatic nitrogens is 3. The Labute approximate surface area is 144 Å². The molecule has 23 heavy (non-hydrogen) atoms. The number of carbonyl (C=O) groups excluding carboxylic acids is 1. The maximum Gasteiger partial charge on any atom is 0.324 e. The molecule has 0 radical (unpaired) electrons. The molecule has 2 amide bonds. The van der Waals surface area contributed by atoms with E-state index in [0.29, 0.717) is 22.7 Å². The monoisotopic (exact) mass is 351 g/mol. The number of anilines is 2. The predicted octanol–water partition coefficient (Wildman–Crippen LogP) is 3.95. The second-order valence-electron chi connectivity index (χ2n) is 5.43. The van der Waals surface area contributed by atoms with Gasteiger partial charge >= 0.3 is 6.03 Å². The van der Waals surface area contributed by atoms with Crippen LogP contribution in [0.15, 0.2) is 24.5 Å². The maximum atomic E-state index is 12.1. The van der Waals surface area contributed by atoms with Crippen molar-refractivity contribution in [2.24, 2.45) is 0 Å². The molecule has 1 saturated heterocycles. The Morgan fingerprint density at radius 1 is 1.39 bits per heavy atom. The smallest absolute Gasteiger partial charge is 0.307 e. The van der Waals surface area contributed by atoms with Gasteiger partial charge in [0.05, 0.1) is 6.04 Å². The lowest BCUT2D eigenvalue weighted by molar-refractivity contribution is 0.262. The Morgan fingerprint density at radius 3 is 2.96 bits per heavy atom. The first kappa shape index (κ1) is 16.1. The number of urea groups is 1. The largest absolute Gasteiger partial charge is 0.324 e. The third-order valence-corrected chi connectivity index (χ3v) is 4.99. The molecule has 2 N–H and O–H groups in total. The predicted molar refractivity (Wildman–Crippen MR) is 94.4 cm³/mol. The first-order valence-corrected chi connectivity index (χ1v) is 8.98. The number of rotatable bonds is 3. The molecule has 1 aliphatic rings. The SMILES string of the molecule is Cc1cnc(Cl)cc1NC(=O)Nc1ccn(C2CCSCC2)n1. The van der Waals surface area contributed by atoms with Crippen LogP contribution in [0, 0.1) is 6.92 Å². The summed E-state index contributed by atoms with van der Waals surface area (Å²) in [5.41, 5.74) is 1.47. The van der Waals surface area contributed by atoms with Crippen molar-refractivity contribution in [3.05, 3.63) is 35.2 Å². The van der Waals surface area contributed by atoms with Crippen LogP contribution >= 0.6 is 23.4 Å². The van der Waals surface area contributed by atoms with Crippen LogP contribution in [-0.2, 0) is 0 Å². The molecule has 8 heteroatoms. The second-order valence-corrected chi connectivity index (χ2v) is 7.04. The minimum Gasteiger partial charge on any atom is -0.307 e. The van der Waals surface area contributed by atoms with Gasteiger partial charge in [-0.2, -0.15) is 16.9 Å². The van der Waals surface area contributed by atoms with Crippen molar-refractivity contribution in [3.63, 3.8) is 0 Å². The Hall–Kier alpha value is -1.73. The van der Waals surface area contributed by atoms with Crippen LogP contribution in [0.1, 0.15) is 24.4 Å². The molecule has 3 heterocycles. The minimum atomic E-state index is -0.347. The van der Waals surface area contributed by atoms with Crippen LogP contribution in [0.25, 0.3) is 0 Å². The fourth-order valence-corrected chi connectivity index (χ4v) is 3.70. The van der Waals surface area contributed by atoms with Crippen molar-refractivity contribution in [2.75, 3.05) is 22.1 Å². The van der Waals surface area contributed by atoms with E-state index in [9.17, 15) is 4.79 Å². The number of nitrogens with zero attached hydrogens (tertiary/aromatic N) is 3. The molecule has 0 spiro atoms. The lowest BCUT2D eigenvalue weighted by Gasteiger charge is -2.21. The van der Waals surface area contributed by atoms with E-state index in [0.717, 1.165) is 29.9 Å². The number of hydrogen-bond acceptors (Lipinski definition) is 4. The third kappa shape index (κ3) is 4.17. The van der Waals surface area contributed by atoms with Crippen molar-refractivity contribution in [1.82, 2.24) is 14.8 Å². The van der Waals surface area contributed by atoms with Crippen molar-refractivity contribution in [1.29, 1.82) is 0 Å². The quantitative estimate of drug-likeness (QED) is 0.821. The van der Waals surface area contributed by atoms with Gasteiger partial charge in [0, 0.05) is 24.1 Å². The molecule has 1 aliphatic heterocycles. The number of thioether (sulfide) groups is 1. The van der Waals surface area contributed by atoms with Crippen molar-refractivity contribution in [3.8, 4) is 0 Å². The summed E-state index contributed by atoms with van der Waals surface area (Å²) in [6, 6.07) is 3.51. The van der Waals surface area contributed by atoms with E-state index < -0.39 is 0 Å². The van der Waals surface area contributed by atoms with Crippen molar-refractivity contribution in [2.45, 2.75) is 25.8 Å². The van der Waals surface area contributed by atoms with Crippen LogP contribution < -0.4 is 10.6 Å². The molecule has 3 rings (SSSR count). The summed E-state index contributed by atoms with van der Waals surface area (Å²) in [6.45, 7) is 1.86. The molecule has 0 bridgehead atoms. The molecule has 0 saturated carbocycles. The highest BCUT2D eigenvalue weighted by atomic mass is 35.5. The van der Waals surface area contributed by atoms with Crippen LogP contribution in [-0.4, -0.2) is 32.3 Å². The van der Waals surface area contributed by atoms with E-state index in [2.05, 4.69) is 20.7 Å². The van der Waals surface area contributed by atoms with Gasteiger partial charge in [-0.15, -0.1) is 0 Å². The highest BCUT2D eigenvalue weighted by Gasteiger charge is 2.17. The van der Waals surface area contributed by atoms with Gasteiger partial charge in [-0.3, -0.25) is 10.00 Å². The number of carbonyl (C=O) groups is 1. The highest BCUT2D eigenvalue weighted by Crippen LogP contribution is 2.27. The molecule has 2 aromatic heterocycles. The zero-order valence-corrected chi connectivity index (χ0v) is 14.3. The first-order valence-electron chi connectivity index (χ1n) is 7.45. The van der Waals surface area contributed by atoms with E-state index in [4.69, 9.17) is 11.6 Å². The second kappa shape index (κ2) is 7.23. The Kier molecular flexibility index (Phi) is 5.07. The van der Waals surface area contributed by atoms with Gasteiger partial charge < -0.3 is 5.32 Å².